The molecule has 0 fully saturated rings. The van der Waals surface area contributed by atoms with Gasteiger partial charge < -0.3 is 8.83 Å². The van der Waals surface area contributed by atoms with Gasteiger partial charge in [-0.3, -0.25) is 0 Å². The van der Waals surface area contributed by atoms with E-state index in [1.165, 1.54) is 130 Å². The molecule has 102 heavy (non-hydrogen) atoms. The van der Waals surface area contributed by atoms with Gasteiger partial charge in [0.15, 0.2) is 0 Å². The van der Waals surface area contributed by atoms with Crippen molar-refractivity contribution >= 4 is 152 Å². The molecule has 470 valence electrons. The van der Waals surface area contributed by atoms with Crippen molar-refractivity contribution in [2.45, 2.75) is 0 Å². The molecule has 0 saturated heterocycles. The van der Waals surface area contributed by atoms with Crippen LogP contribution in [0.15, 0.2) is 361 Å². The number of rotatable bonds is 7. The van der Waals surface area contributed by atoms with E-state index in [2.05, 4.69) is 352 Å². The van der Waals surface area contributed by atoms with E-state index >= 15 is 0 Å². The van der Waals surface area contributed by atoms with Crippen molar-refractivity contribution in [1.29, 1.82) is 0 Å². The molecule has 22 aromatic rings. The highest BCUT2D eigenvalue weighted by atomic mass is 16.3. The summed E-state index contributed by atoms with van der Waals surface area (Å²) >= 11 is 0. The molecule has 0 aliphatic heterocycles. The van der Waals surface area contributed by atoms with Gasteiger partial charge in [0.1, 0.15) is 22.3 Å². The number of furan rings is 2. The minimum atomic E-state index is 0.843. The van der Waals surface area contributed by atoms with Gasteiger partial charge in [-0.2, -0.15) is 0 Å². The second-order valence-corrected chi connectivity index (χ2v) is 27.5. The Hall–Kier alpha value is -13.4. The van der Waals surface area contributed by atoms with Crippen molar-refractivity contribution in [3.05, 3.63) is 352 Å². The topological polar surface area (TPSA) is 26.3 Å². The summed E-state index contributed by atoms with van der Waals surface area (Å²) in [5.74, 6) is 0. The van der Waals surface area contributed by atoms with Gasteiger partial charge in [0.2, 0.25) is 0 Å². The quantitative estimate of drug-likeness (QED) is 0.117. The molecule has 20 aromatic carbocycles. The van der Waals surface area contributed by atoms with Crippen molar-refractivity contribution < 1.29 is 8.83 Å². The van der Waals surface area contributed by atoms with Crippen LogP contribution in [0, 0.1) is 0 Å². The fraction of sp³-hybridized carbons (Fsp3) is 0. The van der Waals surface area contributed by atoms with E-state index in [1.54, 1.807) is 0 Å². The van der Waals surface area contributed by atoms with Crippen LogP contribution in [0.25, 0.3) is 229 Å². The normalized spacial score (nSPS) is 12.1. The highest BCUT2D eigenvalue weighted by Gasteiger charge is 2.27. The van der Waals surface area contributed by atoms with Crippen LogP contribution >= 0.6 is 0 Å². The minimum Gasteiger partial charge on any atom is -0.456 e. The first-order valence-corrected chi connectivity index (χ1v) is 35.3. The average Bonchev–Trinajstić information content (AvgIpc) is 0.924. The lowest BCUT2D eigenvalue weighted by Gasteiger charge is -2.21. The van der Waals surface area contributed by atoms with Crippen molar-refractivity contribution in [1.82, 2.24) is 0 Å². The van der Waals surface area contributed by atoms with Crippen molar-refractivity contribution in [2.24, 2.45) is 0 Å². The van der Waals surface area contributed by atoms with Gasteiger partial charge in [0, 0.05) is 27.1 Å². The molecule has 2 heteroatoms. The fourth-order valence-electron chi connectivity index (χ4n) is 17.7. The van der Waals surface area contributed by atoms with Crippen LogP contribution in [0.4, 0.5) is 0 Å². The highest BCUT2D eigenvalue weighted by Crippen LogP contribution is 2.53. The van der Waals surface area contributed by atoms with Crippen LogP contribution in [-0.2, 0) is 0 Å². The summed E-state index contributed by atoms with van der Waals surface area (Å²) in [6.07, 6.45) is 0. The largest absolute Gasteiger partial charge is 0.456 e. The molecule has 0 N–H and O–H groups in total. The lowest BCUT2D eigenvalue weighted by atomic mass is 9.81. The summed E-state index contributed by atoms with van der Waals surface area (Å²) in [5.41, 5.74) is 19.8. The second-order valence-electron chi connectivity index (χ2n) is 27.5. The summed E-state index contributed by atoms with van der Waals surface area (Å²) in [4.78, 5) is 0. The van der Waals surface area contributed by atoms with Crippen molar-refractivity contribution in [2.75, 3.05) is 0 Å². The maximum Gasteiger partial charge on any atom is 0.143 e. The van der Waals surface area contributed by atoms with Gasteiger partial charge in [-0.15, -0.1) is 0 Å². The lowest BCUT2D eigenvalue weighted by molar-refractivity contribution is 0.669. The molecular formula is C100H58O2. The summed E-state index contributed by atoms with van der Waals surface area (Å²) < 4.78 is 14.1. The van der Waals surface area contributed by atoms with Crippen LogP contribution < -0.4 is 0 Å². The molecule has 0 radical (unpaired) electrons. The number of fused-ring (bicyclic) bond motifs is 18. The third-order valence-corrected chi connectivity index (χ3v) is 22.2. The molecule has 0 saturated carbocycles. The Kier molecular flexibility index (Phi) is 12.2. The predicted molar refractivity (Wildman–Crippen MR) is 434 cm³/mol. The van der Waals surface area contributed by atoms with E-state index in [9.17, 15) is 0 Å². The monoisotopic (exact) mass is 1290 g/mol. The van der Waals surface area contributed by atoms with Gasteiger partial charge in [-0.05, 0) is 241 Å². The number of para-hydroxylation sites is 1. The average molecular weight is 1290 g/mol. The first-order chi connectivity index (χ1) is 50.6. The van der Waals surface area contributed by atoms with E-state index in [0.29, 0.717) is 0 Å². The Balaban J connectivity index is 0.742. The van der Waals surface area contributed by atoms with Crippen molar-refractivity contribution in [3.8, 4) is 77.9 Å². The Morgan fingerprint density at radius 1 is 0.137 bits per heavy atom. The Labute approximate surface area is 586 Å². The molecule has 2 aromatic heterocycles. The third-order valence-electron chi connectivity index (χ3n) is 22.2. The summed E-state index contributed by atoms with van der Waals surface area (Å²) in [7, 11) is 0. The smallest absolute Gasteiger partial charge is 0.143 e. The van der Waals surface area contributed by atoms with E-state index in [0.717, 1.165) is 99.2 Å². The Morgan fingerprint density at radius 2 is 0.520 bits per heavy atom. The van der Waals surface area contributed by atoms with E-state index in [1.807, 2.05) is 0 Å². The Morgan fingerprint density at radius 3 is 1.10 bits per heavy atom. The maximum atomic E-state index is 7.24. The number of hydrogen-bond donors (Lipinski definition) is 0. The van der Waals surface area contributed by atoms with E-state index in [4.69, 9.17) is 8.83 Å². The third kappa shape index (κ3) is 8.42. The number of hydrogen-bond acceptors (Lipinski definition) is 2. The van der Waals surface area contributed by atoms with Crippen LogP contribution in [0.3, 0.4) is 0 Å². The van der Waals surface area contributed by atoms with Crippen LogP contribution in [-0.4, -0.2) is 0 Å². The lowest BCUT2D eigenvalue weighted by Crippen LogP contribution is -1.94. The van der Waals surface area contributed by atoms with Gasteiger partial charge in [0.05, 0.1) is 0 Å². The molecule has 0 aliphatic carbocycles. The molecule has 0 aliphatic rings. The first-order valence-electron chi connectivity index (χ1n) is 35.3. The number of benzene rings is 20. The van der Waals surface area contributed by atoms with Crippen molar-refractivity contribution in [3.63, 3.8) is 0 Å². The second kappa shape index (κ2) is 22.1. The highest BCUT2D eigenvalue weighted by molar-refractivity contribution is 6.30. The van der Waals surface area contributed by atoms with Crippen LogP contribution in [0.2, 0.25) is 0 Å². The molecule has 0 unspecified atom stereocenters. The van der Waals surface area contributed by atoms with Gasteiger partial charge in [0.25, 0.3) is 0 Å². The molecule has 0 bridgehead atoms. The van der Waals surface area contributed by atoms with Gasteiger partial charge >= 0.3 is 0 Å². The van der Waals surface area contributed by atoms with E-state index < -0.39 is 0 Å². The minimum absolute atomic E-state index is 0.843. The molecule has 22 rings (SSSR count). The Bertz CT molecular complexity index is 7260. The van der Waals surface area contributed by atoms with Crippen LogP contribution in [0.1, 0.15) is 0 Å². The standard InChI is InChI=1S/C100H58O2/c1-4-28-66-59(23-1)26-21-45-73(66)91-55-65(96-77-36-11-13-38-79(77)97(80-39-14-12-37-78(80)96)88-53-63-24-2-5-29-67(63)70-31-7-9-33-74(70)88)56-92-86-52-61(48-50-94(86)102-100(91)92)60-47-49-69-62(51-60)27-22-44-72(69)85-58-95-87(76-35-19-20-46-93(76)101-95)57-90(85)99-83-42-17-15-40-81(83)98(82-41-16-18-43-84(82)99)89-54-64-25-3-6-30-68(64)71-32-8-10-34-75(71)89/h1-58H. The molecule has 0 spiro atoms. The molecule has 0 atom stereocenters. The molecule has 2 heterocycles. The molecular weight excluding hydrogens is 1230 g/mol. The molecule has 2 nitrogen and oxygen atoms in total. The summed E-state index contributed by atoms with van der Waals surface area (Å²) in [6, 6.07) is 131. The summed E-state index contributed by atoms with van der Waals surface area (Å²) in [5, 5.41) is 28.6. The fourth-order valence-corrected chi connectivity index (χ4v) is 17.7. The van der Waals surface area contributed by atoms with Crippen LogP contribution in [0.5, 0.6) is 0 Å². The first kappa shape index (κ1) is 56.6. The summed E-state index contributed by atoms with van der Waals surface area (Å²) in [6.45, 7) is 0. The predicted octanol–water partition coefficient (Wildman–Crippen LogP) is 28.7. The SMILES string of the molecule is c1cc(-c2cc3oc4ccccc4c3cc2-c2c3ccccc3c(-c3cc4ccccc4c4ccccc34)c3ccccc23)c2ccc(-c3ccc4oc5c(-c6cccc7ccccc67)cc(-c6c7ccccc7c(-c7cc8ccccc8c8ccccc78)c7ccccc67)cc5c4c3)cc2c1. The van der Waals surface area contributed by atoms with E-state index in [-0.39, 0.29) is 0 Å². The zero-order chi connectivity index (χ0) is 66.7. The maximum absolute atomic E-state index is 7.24. The van der Waals surface area contributed by atoms with Gasteiger partial charge in [-0.1, -0.05) is 291 Å². The zero-order valence-electron chi connectivity index (χ0n) is 55.3. The molecule has 0 amide bonds. The van der Waals surface area contributed by atoms with Gasteiger partial charge in [-0.25, -0.2) is 0 Å². The zero-order valence-corrected chi connectivity index (χ0v) is 55.3.